The zero-order valence-electron chi connectivity index (χ0n) is 12.8. The SMILES string of the molecule is CN1CCN(C(=O)NCc2cscn2)CC1c1nccn1C. The fraction of sp³-hybridized carbons (Fsp3) is 0.500. The van der Waals surface area contributed by atoms with Crippen molar-refractivity contribution in [2.75, 3.05) is 26.7 Å². The Morgan fingerprint density at radius 3 is 2.95 bits per heavy atom. The van der Waals surface area contributed by atoms with Crippen LogP contribution in [0.2, 0.25) is 0 Å². The lowest BCUT2D eigenvalue weighted by Crippen LogP contribution is -2.52. The van der Waals surface area contributed by atoms with Gasteiger partial charge in [-0.3, -0.25) is 4.90 Å². The monoisotopic (exact) mass is 320 g/mol. The van der Waals surface area contributed by atoms with Crippen molar-refractivity contribution in [2.45, 2.75) is 12.6 Å². The number of aromatic nitrogens is 3. The average molecular weight is 320 g/mol. The third kappa shape index (κ3) is 3.12. The fourth-order valence-corrected chi connectivity index (χ4v) is 3.20. The summed E-state index contributed by atoms with van der Waals surface area (Å²) in [5.41, 5.74) is 2.67. The third-order valence-electron chi connectivity index (χ3n) is 4.00. The fourth-order valence-electron chi connectivity index (χ4n) is 2.64. The van der Waals surface area contributed by atoms with E-state index in [4.69, 9.17) is 0 Å². The van der Waals surface area contributed by atoms with Gasteiger partial charge in [0.1, 0.15) is 5.82 Å². The predicted octanol–water partition coefficient (Wildman–Crippen LogP) is 1.07. The van der Waals surface area contributed by atoms with Gasteiger partial charge in [0.05, 0.1) is 23.8 Å². The Kier molecular flexibility index (Phi) is 4.39. The number of carbonyl (C=O) groups is 1. The molecule has 1 fully saturated rings. The van der Waals surface area contributed by atoms with Crippen LogP contribution in [-0.2, 0) is 13.6 Å². The number of hydrogen-bond donors (Lipinski definition) is 1. The summed E-state index contributed by atoms with van der Waals surface area (Å²) in [7, 11) is 4.06. The van der Waals surface area contributed by atoms with Gasteiger partial charge in [-0.15, -0.1) is 11.3 Å². The summed E-state index contributed by atoms with van der Waals surface area (Å²) in [6.45, 7) is 2.67. The van der Waals surface area contributed by atoms with Crippen LogP contribution in [0.4, 0.5) is 4.79 Å². The van der Waals surface area contributed by atoms with Crippen molar-refractivity contribution in [3.8, 4) is 0 Å². The van der Waals surface area contributed by atoms with E-state index in [1.807, 2.05) is 28.1 Å². The molecule has 1 aliphatic heterocycles. The van der Waals surface area contributed by atoms with Gasteiger partial charge in [-0.05, 0) is 7.05 Å². The quantitative estimate of drug-likeness (QED) is 0.919. The van der Waals surface area contributed by atoms with Crippen molar-refractivity contribution in [3.05, 3.63) is 34.8 Å². The molecule has 2 aromatic heterocycles. The number of imidazole rings is 1. The number of nitrogens with one attached hydrogen (secondary N) is 1. The molecule has 3 heterocycles. The van der Waals surface area contributed by atoms with Crippen LogP contribution < -0.4 is 5.32 Å². The molecule has 22 heavy (non-hydrogen) atoms. The van der Waals surface area contributed by atoms with E-state index in [0.29, 0.717) is 13.1 Å². The Labute approximate surface area is 133 Å². The summed E-state index contributed by atoms with van der Waals surface area (Å²) in [4.78, 5) is 25.0. The smallest absolute Gasteiger partial charge is 0.317 e. The van der Waals surface area contributed by atoms with Gasteiger partial charge in [0.15, 0.2) is 0 Å². The minimum absolute atomic E-state index is 0.0414. The Morgan fingerprint density at radius 1 is 1.41 bits per heavy atom. The van der Waals surface area contributed by atoms with E-state index >= 15 is 0 Å². The average Bonchev–Trinajstić information content (AvgIpc) is 3.17. The first-order chi connectivity index (χ1) is 10.6. The van der Waals surface area contributed by atoms with Crippen molar-refractivity contribution in [2.24, 2.45) is 7.05 Å². The van der Waals surface area contributed by atoms with E-state index in [-0.39, 0.29) is 12.1 Å². The normalized spacial score (nSPS) is 19.4. The van der Waals surface area contributed by atoms with E-state index in [0.717, 1.165) is 24.6 Å². The molecule has 118 valence electrons. The van der Waals surface area contributed by atoms with Crippen LogP contribution in [0, 0.1) is 0 Å². The minimum atomic E-state index is -0.0414. The first-order valence-corrected chi connectivity index (χ1v) is 8.16. The Balaban J connectivity index is 1.62. The number of piperazine rings is 1. The number of thiazole rings is 1. The van der Waals surface area contributed by atoms with Crippen LogP contribution in [0.5, 0.6) is 0 Å². The van der Waals surface area contributed by atoms with Crippen molar-refractivity contribution < 1.29 is 4.79 Å². The standard InChI is InChI=1S/C14H20N6OS/c1-18-5-6-20(8-12(18)13-15-3-4-19(13)2)14(21)16-7-11-9-22-10-17-11/h3-4,9-10,12H,5-8H2,1-2H3,(H,16,21). The second-order valence-electron chi connectivity index (χ2n) is 5.48. The van der Waals surface area contributed by atoms with E-state index in [1.54, 1.807) is 11.7 Å². The Morgan fingerprint density at radius 2 is 2.27 bits per heavy atom. The van der Waals surface area contributed by atoms with Crippen molar-refractivity contribution in [1.29, 1.82) is 0 Å². The number of hydrogen-bond acceptors (Lipinski definition) is 5. The molecular weight excluding hydrogens is 300 g/mol. The summed E-state index contributed by atoms with van der Waals surface area (Å²) in [5, 5.41) is 4.88. The number of likely N-dealkylation sites (N-methyl/N-ethyl adjacent to an activating group) is 1. The molecular formula is C14H20N6OS. The van der Waals surface area contributed by atoms with E-state index < -0.39 is 0 Å². The Hall–Kier alpha value is -1.93. The van der Waals surface area contributed by atoms with E-state index in [2.05, 4.69) is 27.2 Å². The van der Waals surface area contributed by atoms with Crippen LogP contribution in [0.25, 0.3) is 0 Å². The number of carbonyl (C=O) groups excluding carboxylic acids is 1. The lowest BCUT2D eigenvalue weighted by atomic mass is 10.1. The lowest BCUT2D eigenvalue weighted by Gasteiger charge is -2.38. The van der Waals surface area contributed by atoms with Gasteiger partial charge >= 0.3 is 6.03 Å². The first-order valence-electron chi connectivity index (χ1n) is 7.22. The maximum absolute atomic E-state index is 12.3. The van der Waals surface area contributed by atoms with E-state index in [9.17, 15) is 4.79 Å². The molecule has 8 heteroatoms. The molecule has 0 spiro atoms. The second kappa shape index (κ2) is 6.45. The van der Waals surface area contributed by atoms with Gasteiger partial charge in [-0.2, -0.15) is 0 Å². The predicted molar refractivity (Wildman–Crippen MR) is 84.5 cm³/mol. The number of aryl methyl sites for hydroxylation is 1. The summed E-state index contributed by atoms with van der Waals surface area (Å²) in [6.07, 6.45) is 3.73. The highest BCUT2D eigenvalue weighted by atomic mass is 32.1. The summed E-state index contributed by atoms with van der Waals surface area (Å²) in [6, 6.07) is 0.0825. The highest BCUT2D eigenvalue weighted by Crippen LogP contribution is 2.22. The number of nitrogens with zero attached hydrogens (tertiary/aromatic N) is 5. The molecule has 3 rings (SSSR count). The molecule has 0 saturated carbocycles. The highest BCUT2D eigenvalue weighted by Gasteiger charge is 2.30. The maximum Gasteiger partial charge on any atom is 0.317 e. The molecule has 1 N–H and O–H groups in total. The Bertz CT molecular complexity index is 625. The van der Waals surface area contributed by atoms with Gasteiger partial charge in [0.25, 0.3) is 0 Å². The molecule has 1 unspecified atom stereocenters. The molecule has 1 aliphatic rings. The third-order valence-corrected chi connectivity index (χ3v) is 4.63. The molecule has 2 aromatic rings. The van der Waals surface area contributed by atoms with Crippen LogP contribution >= 0.6 is 11.3 Å². The van der Waals surface area contributed by atoms with Crippen LogP contribution in [0.3, 0.4) is 0 Å². The maximum atomic E-state index is 12.3. The van der Waals surface area contributed by atoms with Gasteiger partial charge in [-0.25, -0.2) is 14.8 Å². The molecule has 0 radical (unpaired) electrons. The highest BCUT2D eigenvalue weighted by molar-refractivity contribution is 7.07. The summed E-state index contributed by atoms with van der Waals surface area (Å²) in [5.74, 6) is 0.986. The molecule has 0 aromatic carbocycles. The summed E-state index contributed by atoms with van der Waals surface area (Å²) < 4.78 is 2.01. The lowest BCUT2D eigenvalue weighted by molar-refractivity contribution is 0.104. The molecule has 1 saturated heterocycles. The zero-order valence-corrected chi connectivity index (χ0v) is 13.6. The van der Waals surface area contributed by atoms with Gasteiger partial charge < -0.3 is 14.8 Å². The van der Waals surface area contributed by atoms with E-state index in [1.165, 1.54) is 11.3 Å². The molecule has 7 nitrogen and oxygen atoms in total. The zero-order chi connectivity index (χ0) is 15.5. The number of urea groups is 1. The molecule has 1 atom stereocenters. The van der Waals surface area contributed by atoms with Crippen molar-refractivity contribution >= 4 is 17.4 Å². The molecule has 0 aliphatic carbocycles. The number of amides is 2. The van der Waals surface area contributed by atoms with Gasteiger partial charge in [0.2, 0.25) is 0 Å². The van der Waals surface area contributed by atoms with Gasteiger partial charge in [-0.1, -0.05) is 0 Å². The van der Waals surface area contributed by atoms with Crippen LogP contribution in [0.1, 0.15) is 17.6 Å². The minimum Gasteiger partial charge on any atom is -0.337 e. The van der Waals surface area contributed by atoms with Crippen molar-refractivity contribution in [1.82, 2.24) is 29.7 Å². The van der Waals surface area contributed by atoms with Gasteiger partial charge in [0, 0.05) is 44.5 Å². The second-order valence-corrected chi connectivity index (χ2v) is 6.20. The number of rotatable bonds is 3. The summed E-state index contributed by atoms with van der Waals surface area (Å²) >= 11 is 1.53. The van der Waals surface area contributed by atoms with Crippen molar-refractivity contribution in [3.63, 3.8) is 0 Å². The topological polar surface area (TPSA) is 66.3 Å². The first kappa shape index (κ1) is 15.0. The van der Waals surface area contributed by atoms with Crippen LogP contribution in [0.15, 0.2) is 23.3 Å². The van der Waals surface area contributed by atoms with Crippen LogP contribution in [-0.4, -0.2) is 57.0 Å². The largest absolute Gasteiger partial charge is 0.337 e. The molecule has 0 bridgehead atoms. The molecule has 2 amide bonds.